The molecule has 0 aromatic heterocycles. The third-order valence-electron chi connectivity index (χ3n) is 3.82. The van der Waals surface area contributed by atoms with Gasteiger partial charge in [-0.25, -0.2) is 0 Å². The van der Waals surface area contributed by atoms with Gasteiger partial charge in [-0.2, -0.15) is 0 Å². The Morgan fingerprint density at radius 1 is 1.35 bits per heavy atom. The molecule has 0 aromatic rings. The Morgan fingerprint density at radius 2 is 2.00 bits per heavy atom. The van der Waals surface area contributed by atoms with Gasteiger partial charge in [0.2, 0.25) is 0 Å². The van der Waals surface area contributed by atoms with Crippen LogP contribution < -0.4 is 0 Å². The van der Waals surface area contributed by atoms with Gasteiger partial charge in [0.1, 0.15) is 0 Å². The minimum atomic E-state index is -0.686. The minimum Gasteiger partial charge on any atom is -0.481 e. The molecule has 1 saturated heterocycles. The van der Waals surface area contributed by atoms with Crippen LogP contribution in [0.5, 0.6) is 0 Å². The van der Waals surface area contributed by atoms with Crippen LogP contribution in [0.4, 0.5) is 0 Å². The van der Waals surface area contributed by atoms with Crippen LogP contribution in [-0.4, -0.2) is 47.8 Å². The molecular formula is C13H25NO3. The number of aliphatic carboxylic acids is 1. The summed E-state index contributed by atoms with van der Waals surface area (Å²) in [5.41, 5.74) is -0.161. The molecule has 1 N–H and O–H groups in total. The third-order valence-corrected chi connectivity index (χ3v) is 3.82. The highest BCUT2D eigenvalue weighted by Gasteiger charge is 2.37. The highest BCUT2D eigenvalue weighted by Crippen LogP contribution is 2.31. The third kappa shape index (κ3) is 3.96. The van der Waals surface area contributed by atoms with Crippen molar-refractivity contribution in [1.29, 1.82) is 0 Å². The van der Waals surface area contributed by atoms with Crippen molar-refractivity contribution in [3.63, 3.8) is 0 Å². The van der Waals surface area contributed by atoms with E-state index in [1.54, 1.807) is 0 Å². The monoisotopic (exact) mass is 243 g/mol. The molecule has 0 aromatic carbocycles. The van der Waals surface area contributed by atoms with Crippen molar-refractivity contribution in [2.45, 2.75) is 51.5 Å². The summed E-state index contributed by atoms with van der Waals surface area (Å²) in [5.74, 6) is -0.686. The lowest BCUT2D eigenvalue weighted by Crippen LogP contribution is -2.54. The van der Waals surface area contributed by atoms with E-state index < -0.39 is 5.97 Å². The molecule has 0 aliphatic carbocycles. The molecule has 0 saturated carbocycles. The molecule has 4 heteroatoms. The first kappa shape index (κ1) is 14.5. The predicted octanol–water partition coefficient (Wildman–Crippen LogP) is 2.13. The van der Waals surface area contributed by atoms with Crippen LogP contribution in [0.1, 0.15) is 46.0 Å². The van der Waals surface area contributed by atoms with Gasteiger partial charge in [-0.05, 0) is 12.8 Å². The summed E-state index contributed by atoms with van der Waals surface area (Å²) >= 11 is 0. The minimum absolute atomic E-state index is 0.161. The van der Waals surface area contributed by atoms with Crippen LogP contribution in [0, 0.1) is 0 Å². The second kappa shape index (κ2) is 6.97. The van der Waals surface area contributed by atoms with Crippen LogP contribution in [0.15, 0.2) is 0 Å². The number of carbonyl (C=O) groups is 1. The number of carboxylic acid groups (broad SMARTS) is 1. The molecule has 100 valence electrons. The van der Waals surface area contributed by atoms with E-state index in [0.29, 0.717) is 0 Å². The summed E-state index contributed by atoms with van der Waals surface area (Å²) in [4.78, 5) is 13.5. The molecule has 1 aliphatic heterocycles. The fourth-order valence-electron chi connectivity index (χ4n) is 2.71. The summed E-state index contributed by atoms with van der Waals surface area (Å²) in [5, 5.41) is 9.15. The maximum absolute atomic E-state index is 11.1. The highest BCUT2D eigenvalue weighted by molar-refractivity contribution is 5.68. The van der Waals surface area contributed by atoms with Crippen molar-refractivity contribution in [1.82, 2.24) is 4.90 Å². The van der Waals surface area contributed by atoms with Crippen molar-refractivity contribution in [3.8, 4) is 0 Å². The maximum Gasteiger partial charge on any atom is 0.305 e. The molecule has 17 heavy (non-hydrogen) atoms. The van der Waals surface area contributed by atoms with Crippen molar-refractivity contribution in [3.05, 3.63) is 0 Å². The van der Waals surface area contributed by atoms with E-state index in [-0.39, 0.29) is 12.0 Å². The van der Waals surface area contributed by atoms with Gasteiger partial charge in [0, 0.05) is 18.6 Å². The largest absolute Gasteiger partial charge is 0.481 e. The first-order valence-corrected chi connectivity index (χ1v) is 6.69. The van der Waals surface area contributed by atoms with Gasteiger partial charge in [-0.3, -0.25) is 9.69 Å². The lowest BCUT2D eigenvalue weighted by Gasteiger charge is -2.45. The zero-order chi connectivity index (χ0) is 12.7. The Balaban J connectivity index is 2.75. The van der Waals surface area contributed by atoms with Gasteiger partial charge in [-0.1, -0.05) is 26.7 Å². The lowest BCUT2D eigenvalue weighted by atomic mass is 9.84. The number of rotatable bonds is 7. The standard InChI is InChI=1S/C13H25NO3/c1-3-5-6-13(4-2,11-12(15)16)14-7-9-17-10-8-14/h3-11H2,1-2H3,(H,15,16). The molecule has 1 unspecified atom stereocenters. The Labute approximate surface area is 104 Å². The Bertz CT molecular complexity index is 239. The molecule has 1 fully saturated rings. The number of morpholine rings is 1. The molecule has 0 spiro atoms. The van der Waals surface area contributed by atoms with E-state index in [1.165, 1.54) is 0 Å². The summed E-state index contributed by atoms with van der Waals surface area (Å²) in [6, 6.07) is 0. The van der Waals surface area contributed by atoms with Gasteiger partial charge < -0.3 is 9.84 Å². The van der Waals surface area contributed by atoms with Crippen LogP contribution in [-0.2, 0) is 9.53 Å². The zero-order valence-electron chi connectivity index (χ0n) is 11.1. The summed E-state index contributed by atoms with van der Waals surface area (Å²) in [6.45, 7) is 7.45. The molecule has 0 amide bonds. The smallest absolute Gasteiger partial charge is 0.305 e. The van der Waals surface area contributed by atoms with Crippen LogP contribution >= 0.6 is 0 Å². The molecule has 1 atom stereocenters. The fraction of sp³-hybridized carbons (Fsp3) is 0.923. The summed E-state index contributed by atoms with van der Waals surface area (Å²) < 4.78 is 5.36. The van der Waals surface area contributed by atoms with Crippen LogP contribution in [0.3, 0.4) is 0 Å². The van der Waals surface area contributed by atoms with Crippen LogP contribution in [0.25, 0.3) is 0 Å². The van der Waals surface area contributed by atoms with Crippen molar-refractivity contribution in [2.24, 2.45) is 0 Å². The molecule has 1 aliphatic rings. The summed E-state index contributed by atoms with van der Waals surface area (Å²) in [7, 11) is 0. The SMILES string of the molecule is CCCCC(CC)(CC(=O)O)N1CCOCC1. The zero-order valence-corrected chi connectivity index (χ0v) is 11.1. The first-order chi connectivity index (χ1) is 8.14. The second-order valence-electron chi connectivity index (χ2n) is 4.85. The van der Waals surface area contributed by atoms with Gasteiger partial charge in [0.15, 0.2) is 0 Å². The van der Waals surface area contributed by atoms with Gasteiger partial charge in [0.25, 0.3) is 0 Å². The topological polar surface area (TPSA) is 49.8 Å². The Hall–Kier alpha value is -0.610. The van der Waals surface area contributed by atoms with E-state index in [9.17, 15) is 4.79 Å². The first-order valence-electron chi connectivity index (χ1n) is 6.69. The fourth-order valence-corrected chi connectivity index (χ4v) is 2.71. The molecule has 0 radical (unpaired) electrons. The molecular weight excluding hydrogens is 218 g/mol. The molecule has 4 nitrogen and oxygen atoms in total. The lowest BCUT2D eigenvalue weighted by molar-refractivity contribution is -0.142. The number of hydrogen-bond donors (Lipinski definition) is 1. The Kier molecular flexibility index (Phi) is 5.92. The number of carboxylic acids is 1. The van der Waals surface area contributed by atoms with Gasteiger partial charge in [0.05, 0.1) is 19.6 Å². The van der Waals surface area contributed by atoms with Crippen molar-refractivity contribution < 1.29 is 14.6 Å². The van der Waals surface area contributed by atoms with Gasteiger partial charge in [-0.15, -0.1) is 0 Å². The number of ether oxygens (including phenoxy) is 1. The normalized spacial score (nSPS) is 21.1. The summed E-state index contributed by atoms with van der Waals surface area (Å²) in [6.07, 6.45) is 4.35. The Morgan fingerprint density at radius 3 is 2.47 bits per heavy atom. The quantitative estimate of drug-likeness (QED) is 0.744. The average Bonchev–Trinajstić information content (AvgIpc) is 2.35. The van der Waals surface area contributed by atoms with Crippen molar-refractivity contribution in [2.75, 3.05) is 26.3 Å². The van der Waals surface area contributed by atoms with E-state index >= 15 is 0 Å². The average molecular weight is 243 g/mol. The van der Waals surface area contributed by atoms with E-state index in [4.69, 9.17) is 9.84 Å². The predicted molar refractivity (Wildman–Crippen MR) is 67.2 cm³/mol. The van der Waals surface area contributed by atoms with E-state index in [1.807, 2.05) is 0 Å². The molecule has 1 rings (SSSR count). The number of unbranched alkanes of at least 4 members (excludes halogenated alkanes) is 1. The van der Waals surface area contributed by atoms with E-state index in [2.05, 4.69) is 18.7 Å². The highest BCUT2D eigenvalue weighted by atomic mass is 16.5. The maximum atomic E-state index is 11.1. The number of hydrogen-bond acceptors (Lipinski definition) is 3. The van der Waals surface area contributed by atoms with Crippen molar-refractivity contribution >= 4 is 5.97 Å². The van der Waals surface area contributed by atoms with Crippen LogP contribution in [0.2, 0.25) is 0 Å². The second-order valence-corrected chi connectivity index (χ2v) is 4.85. The van der Waals surface area contributed by atoms with E-state index in [0.717, 1.165) is 52.0 Å². The molecule has 1 heterocycles. The van der Waals surface area contributed by atoms with Gasteiger partial charge >= 0.3 is 5.97 Å². The molecule has 0 bridgehead atoms. The number of nitrogens with zero attached hydrogens (tertiary/aromatic N) is 1.